The van der Waals surface area contributed by atoms with E-state index in [2.05, 4.69) is 0 Å². The zero-order valence-corrected chi connectivity index (χ0v) is 8.24. The molecule has 1 aromatic carbocycles. The van der Waals surface area contributed by atoms with Gasteiger partial charge in [0.2, 0.25) is 0 Å². The van der Waals surface area contributed by atoms with Crippen LogP contribution < -0.4 is 10.5 Å². The first-order chi connectivity index (χ1) is 6.63. The van der Waals surface area contributed by atoms with E-state index in [9.17, 15) is 0 Å². The molecular formula is C9H12ClNO3. The average molecular weight is 218 g/mol. The second-order valence-corrected chi connectivity index (χ2v) is 3.27. The van der Waals surface area contributed by atoms with Crippen LogP contribution in [0.25, 0.3) is 0 Å². The van der Waals surface area contributed by atoms with Gasteiger partial charge in [-0.1, -0.05) is 11.6 Å². The summed E-state index contributed by atoms with van der Waals surface area (Å²) in [6, 6.07) is 4.81. The molecule has 0 fully saturated rings. The van der Waals surface area contributed by atoms with Gasteiger partial charge in [-0.15, -0.1) is 0 Å². The molecule has 78 valence electrons. The summed E-state index contributed by atoms with van der Waals surface area (Å²) >= 11 is 5.68. The molecule has 5 heteroatoms. The summed E-state index contributed by atoms with van der Waals surface area (Å²) in [5.41, 5.74) is 6.00. The van der Waals surface area contributed by atoms with Gasteiger partial charge >= 0.3 is 0 Å². The summed E-state index contributed by atoms with van der Waals surface area (Å²) in [5, 5.41) is 18.1. The molecule has 1 rings (SSSR count). The third kappa shape index (κ3) is 3.06. The van der Waals surface area contributed by atoms with E-state index >= 15 is 0 Å². The standard InChI is InChI=1S/C9H12ClNO3/c10-6-1-2-9(8(11)3-6)14-5-7(13)4-12/h1-3,7,12-13H,4-5,11H2/t7-/m0/s1. The van der Waals surface area contributed by atoms with Crippen LogP contribution in [0.5, 0.6) is 5.75 Å². The maximum absolute atomic E-state index is 9.02. The highest BCUT2D eigenvalue weighted by Crippen LogP contribution is 2.24. The van der Waals surface area contributed by atoms with Gasteiger partial charge < -0.3 is 20.7 Å². The summed E-state index contributed by atoms with van der Waals surface area (Å²) in [7, 11) is 0. The summed E-state index contributed by atoms with van der Waals surface area (Å²) in [6.45, 7) is -0.337. The summed E-state index contributed by atoms with van der Waals surface area (Å²) in [5.74, 6) is 0.446. The minimum atomic E-state index is -0.898. The topological polar surface area (TPSA) is 75.7 Å². The monoisotopic (exact) mass is 217 g/mol. The number of aliphatic hydroxyl groups excluding tert-OH is 2. The first-order valence-electron chi connectivity index (χ1n) is 4.10. The van der Waals surface area contributed by atoms with Gasteiger partial charge in [0.05, 0.1) is 12.3 Å². The molecule has 0 saturated heterocycles. The van der Waals surface area contributed by atoms with Crippen molar-refractivity contribution >= 4 is 17.3 Å². The number of nitrogen functional groups attached to an aromatic ring is 1. The Morgan fingerprint density at radius 1 is 1.50 bits per heavy atom. The average Bonchev–Trinajstić information content (AvgIpc) is 2.16. The predicted molar refractivity (Wildman–Crippen MR) is 54.5 cm³/mol. The van der Waals surface area contributed by atoms with Gasteiger partial charge in [0.15, 0.2) is 0 Å². The van der Waals surface area contributed by atoms with E-state index in [0.717, 1.165) is 0 Å². The van der Waals surface area contributed by atoms with E-state index in [-0.39, 0.29) is 13.2 Å². The fraction of sp³-hybridized carbons (Fsp3) is 0.333. The van der Waals surface area contributed by atoms with Crippen LogP contribution in [0.3, 0.4) is 0 Å². The van der Waals surface area contributed by atoms with Crippen molar-refractivity contribution in [1.29, 1.82) is 0 Å². The van der Waals surface area contributed by atoms with Crippen molar-refractivity contribution in [1.82, 2.24) is 0 Å². The van der Waals surface area contributed by atoms with Crippen LogP contribution in [0, 0.1) is 0 Å². The number of aliphatic hydroxyl groups is 2. The van der Waals surface area contributed by atoms with Crippen LogP contribution in [0.4, 0.5) is 5.69 Å². The first kappa shape index (κ1) is 11.1. The van der Waals surface area contributed by atoms with Crippen LogP contribution in [0.2, 0.25) is 5.02 Å². The van der Waals surface area contributed by atoms with Crippen molar-refractivity contribution in [3.63, 3.8) is 0 Å². The fourth-order valence-electron chi connectivity index (χ4n) is 0.889. The maximum Gasteiger partial charge on any atom is 0.142 e. The van der Waals surface area contributed by atoms with E-state index in [1.54, 1.807) is 18.2 Å². The fourth-order valence-corrected chi connectivity index (χ4v) is 1.07. The largest absolute Gasteiger partial charge is 0.489 e. The van der Waals surface area contributed by atoms with Crippen LogP contribution >= 0.6 is 11.6 Å². The number of halogens is 1. The van der Waals surface area contributed by atoms with Crippen LogP contribution in [-0.2, 0) is 0 Å². The summed E-state index contributed by atoms with van der Waals surface area (Å²) in [6.07, 6.45) is -0.898. The second kappa shape index (κ2) is 5.05. The third-order valence-corrected chi connectivity index (χ3v) is 1.85. The SMILES string of the molecule is Nc1cc(Cl)ccc1OC[C@@H](O)CO. The Labute approximate surface area is 86.9 Å². The van der Waals surface area contributed by atoms with Gasteiger partial charge in [0.1, 0.15) is 18.5 Å². The Morgan fingerprint density at radius 2 is 2.21 bits per heavy atom. The van der Waals surface area contributed by atoms with Gasteiger partial charge in [-0.3, -0.25) is 0 Å². The molecule has 0 saturated carbocycles. The number of anilines is 1. The van der Waals surface area contributed by atoms with E-state index in [0.29, 0.717) is 16.5 Å². The van der Waals surface area contributed by atoms with Crippen molar-refractivity contribution in [3.05, 3.63) is 23.2 Å². The Morgan fingerprint density at radius 3 is 2.79 bits per heavy atom. The molecule has 0 aromatic heterocycles. The zero-order valence-electron chi connectivity index (χ0n) is 7.48. The molecule has 4 nitrogen and oxygen atoms in total. The number of nitrogens with two attached hydrogens (primary N) is 1. The third-order valence-electron chi connectivity index (χ3n) is 1.61. The minimum Gasteiger partial charge on any atom is -0.489 e. The van der Waals surface area contributed by atoms with Crippen molar-refractivity contribution in [2.24, 2.45) is 0 Å². The minimum absolute atomic E-state index is 0.00231. The molecule has 0 radical (unpaired) electrons. The number of hydrogen-bond acceptors (Lipinski definition) is 4. The molecule has 0 aliphatic carbocycles. The molecule has 0 heterocycles. The molecule has 0 aliphatic heterocycles. The molecule has 1 aromatic rings. The number of benzene rings is 1. The van der Waals surface area contributed by atoms with Crippen molar-refractivity contribution in [2.45, 2.75) is 6.10 Å². The summed E-state index contributed by atoms with van der Waals surface area (Å²) < 4.78 is 5.15. The van der Waals surface area contributed by atoms with E-state index < -0.39 is 6.10 Å². The van der Waals surface area contributed by atoms with Gasteiger partial charge in [0.25, 0.3) is 0 Å². The Kier molecular flexibility index (Phi) is 4.00. The molecule has 14 heavy (non-hydrogen) atoms. The van der Waals surface area contributed by atoms with Gasteiger partial charge in [-0.25, -0.2) is 0 Å². The zero-order chi connectivity index (χ0) is 10.6. The molecule has 1 atom stereocenters. The highest BCUT2D eigenvalue weighted by atomic mass is 35.5. The molecule has 0 spiro atoms. The smallest absolute Gasteiger partial charge is 0.142 e. The Bertz CT molecular complexity index is 306. The highest BCUT2D eigenvalue weighted by molar-refractivity contribution is 6.30. The molecule has 4 N–H and O–H groups in total. The lowest BCUT2D eigenvalue weighted by molar-refractivity contribution is 0.0538. The molecule has 0 unspecified atom stereocenters. The molecule has 0 amide bonds. The molecule has 0 aliphatic rings. The normalized spacial score (nSPS) is 12.5. The van der Waals surface area contributed by atoms with Crippen molar-refractivity contribution in [3.8, 4) is 5.75 Å². The lowest BCUT2D eigenvalue weighted by atomic mass is 10.3. The summed E-state index contributed by atoms with van der Waals surface area (Å²) in [4.78, 5) is 0. The van der Waals surface area contributed by atoms with Crippen molar-refractivity contribution in [2.75, 3.05) is 18.9 Å². The Balaban J connectivity index is 2.59. The van der Waals surface area contributed by atoms with Crippen LogP contribution in [0.15, 0.2) is 18.2 Å². The van der Waals surface area contributed by atoms with Crippen LogP contribution in [0.1, 0.15) is 0 Å². The number of rotatable bonds is 4. The lowest BCUT2D eigenvalue weighted by Crippen LogP contribution is -2.21. The van der Waals surface area contributed by atoms with Crippen LogP contribution in [-0.4, -0.2) is 29.5 Å². The van der Waals surface area contributed by atoms with E-state index in [1.165, 1.54) is 0 Å². The second-order valence-electron chi connectivity index (χ2n) is 2.83. The van der Waals surface area contributed by atoms with Gasteiger partial charge in [0, 0.05) is 5.02 Å². The van der Waals surface area contributed by atoms with Gasteiger partial charge in [-0.05, 0) is 18.2 Å². The van der Waals surface area contributed by atoms with Crippen molar-refractivity contribution < 1.29 is 14.9 Å². The number of hydrogen-bond donors (Lipinski definition) is 3. The Hall–Kier alpha value is -0.970. The lowest BCUT2D eigenvalue weighted by Gasteiger charge is -2.11. The molecular weight excluding hydrogens is 206 g/mol. The number of ether oxygens (including phenoxy) is 1. The first-order valence-corrected chi connectivity index (χ1v) is 4.48. The maximum atomic E-state index is 9.02. The van der Waals surface area contributed by atoms with Gasteiger partial charge in [-0.2, -0.15) is 0 Å². The predicted octanol–water partition coefficient (Wildman–Crippen LogP) is 0.654. The van der Waals surface area contributed by atoms with E-state index in [4.69, 9.17) is 32.3 Å². The highest BCUT2D eigenvalue weighted by Gasteiger charge is 2.05. The van der Waals surface area contributed by atoms with E-state index in [1.807, 2.05) is 0 Å². The molecule has 0 bridgehead atoms. The quantitative estimate of drug-likeness (QED) is 0.648.